The SMILES string of the molecule is C=CC[C@H]1C=CC[C@H](Cc2ccccc2)O1. The van der Waals surface area contributed by atoms with Crippen molar-refractivity contribution in [1.82, 2.24) is 0 Å². The van der Waals surface area contributed by atoms with E-state index in [1.165, 1.54) is 5.56 Å². The lowest BCUT2D eigenvalue weighted by Crippen LogP contribution is -2.25. The van der Waals surface area contributed by atoms with Crippen LogP contribution < -0.4 is 0 Å². The quantitative estimate of drug-likeness (QED) is 0.697. The van der Waals surface area contributed by atoms with Gasteiger partial charge >= 0.3 is 0 Å². The Hall–Kier alpha value is -1.34. The zero-order valence-electron chi connectivity index (χ0n) is 9.51. The van der Waals surface area contributed by atoms with Gasteiger partial charge < -0.3 is 4.74 Å². The summed E-state index contributed by atoms with van der Waals surface area (Å²) >= 11 is 0. The van der Waals surface area contributed by atoms with Crippen LogP contribution in [0.1, 0.15) is 18.4 Å². The predicted molar refractivity (Wildman–Crippen MR) is 67.4 cm³/mol. The lowest BCUT2D eigenvalue weighted by Gasteiger charge is -2.25. The second kappa shape index (κ2) is 5.66. The molecule has 1 heterocycles. The Balaban J connectivity index is 1.92. The van der Waals surface area contributed by atoms with Crippen LogP contribution in [-0.2, 0) is 11.2 Å². The van der Waals surface area contributed by atoms with E-state index in [9.17, 15) is 0 Å². The van der Waals surface area contributed by atoms with Crippen molar-refractivity contribution in [3.63, 3.8) is 0 Å². The van der Waals surface area contributed by atoms with E-state index in [0.717, 1.165) is 19.3 Å². The smallest absolute Gasteiger partial charge is 0.0794 e. The van der Waals surface area contributed by atoms with E-state index in [1.807, 2.05) is 12.1 Å². The van der Waals surface area contributed by atoms with Gasteiger partial charge in [-0.25, -0.2) is 0 Å². The van der Waals surface area contributed by atoms with Crippen molar-refractivity contribution in [1.29, 1.82) is 0 Å². The summed E-state index contributed by atoms with van der Waals surface area (Å²) in [4.78, 5) is 0. The van der Waals surface area contributed by atoms with Crippen molar-refractivity contribution in [3.05, 3.63) is 60.7 Å². The van der Waals surface area contributed by atoms with Crippen LogP contribution in [0.2, 0.25) is 0 Å². The molecule has 1 aromatic rings. The number of hydrogen-bond donors (Lipinski definition) is 0. The first-order chi connectivity index (χ1) is 7.88. The van der Waals surface area contributed by atoms with Gasteiger partial charge in [0.1, 0.15) is 0 Å². The molecule has 0 unspecified atom stereocenters. The Morgan fingerprint density at radius 2 is 2.12 bits per heavy atom. The van der Waals surface area contributed by atoms with Gasteiger partial charge in [0.2, 0.25) is 0 Å². The van der Waals surface area contributed by atoms with Crippen LogP contribution in [0.5, 0.6) is 0 Å². The molecule has 2 atom stereocenters. The molecule has 0 aliphatic carbocycles. The Labute approximate surface area is 97.4 Å². The highest BCUT2D eigenvalue weighted by molar-refractivity contribution is 5.16. The summed E-state index contributed by atoms with van der Waals surface area (Å²) in [5.41, 5.74) is 1.35. The van der Waals surface area contributed by atoms with E-state index < -0.39 is 0 Å². The van der Waals surface area contributed by atoms with Crippen molar-refractivity contribution >= 4 is 0 Å². The van der Waals surface area contributed by atoms with E-state index >= 15 is 0 Å². The first-order valence-electron chi connectivity index (χ1n) is 5.85. The Morgan fingerprint density at radius 3 is 2.88 bits per heavy atom. The maximum Gasteiger partial charge on any atom is 0.0794 e. The van der Waals surface area contributed by atoms with Gasteiger partial charge in [0.25, 0.3) is 0 Å². The molecule has 1 aliphatic heterocycles. The lowest BCUT2D eigenvalue weighted by atomic mass is 10.0. The second-order valence-electron chi connectivity index (χ2n) is 4.17. The molecule has 0 aromatic heterocycles. The molecule has 0 amide bonds. The maximum absolute atomic E-state index is 5.97. The van der Waals surface area contributed by atoms with Crippen LogP contribution in [0, 0.1) is 0 Å². The van der Waals surface area contributed by atoms with E-state index in [4.69, 9.17) is 4.74 Å². The lowest BCUT2D eigenvalue weighted by molar-refractivity contribution is 0.00858. The molecule has 0 spiro atoms. The first-order valence-corrected chi connectivity index (χ1v) is 5.85. The average Bonchev–Trinajstić information content (AvgIpc) is 2.31. The van der Waals surface area contributed by atoms with E-state index in [-0.39, 0.29) is 6.10 Å². The first kappa shape index (κ1) is 11.2. The fourth-order valence-electron chi connectivity index (χ4n) is 2.04. The number of hydrogen-bond acceptors (Lipinski definition) is 1. The largest absolute Gasteiger partial charge is 0.370 e. The molecule has 2 rings (SSSR count). The molecule has 0 saturated heterocycles. The predicted octanol–water partition coefficient (Wildman–Crippen LogP) is 3.52. The third-order valence-corrected chi connectivity index (χ3v) is 2.82. The Morgan fingerprint density at radius 1 is 1.31 bits per heavy atom. The highest BCUT2D eigenvalue weighted by atomic mass is 16.5. The van der Waals surface area contributed by atoms with Crippen molar-refractivity contribution < 1.29 is 4.74 Å². The van der Waals surface area contributed by atoms with Gasteiger partial charge in [-0.15, -0.1) is 6.58 Å². The van der Waals surface area contributed by atoms with Gasteiger partial charge in [-0.2, -0.15) is 0 Å². The standard InChI is InChI=1S/C15H18O/c1-2-7-14-10-6-11-15(16-14)12-13-8-4-3-5-9-13/h2-6,8-10,14-15H,1,7,11-12H2/t14-,15+/m0/s1. The summed E-state index contributed by atoms with van der Waals surface area (Å²) < 4.78 is 5.97. The molecular weight excluding hydrogens is 196 g/mol. The van der Waals surface area contributed by atoms with Gasteiger partial charge in [-0.05, 0) is 24.8 Å². The fraction of sp³-hybridized carbons (Fsp3) is 0.333. The monoisotopic (exact) mass is 214 g/mol. The van der Waals surface area contributed by atoms with Crippen LogP contribution in [0.15, 0.2) is 55.1 Å². The fourth-order valence-corrected chi connectivity index (χ4v) is 2.04. The molecule has 1 nitrogen and oxygen atoms in total. The van der Waals surface area contributed by atoms with Crippen molar-refractivity contribution in [2.24, 2.45) is 0 Å². The van der Waals surface area contributed by atoms with E-state index in [1.54, 1.807) is 0 Å². The third kappa shape index (κ3) is 3.07. The van der Waals surface area contributed by atoms with Crippen LogP contribution in [-0.4, -0.2) is 12.2 Å². The highest BCUT2D eigenvalue weighted by Crippen LogP contribution is 2.18. The average molecular weight is 214 g/mol. The van der Waals surface area contributed by atoms with Gasteiger partial charge in [0.05, 0.1) is 12.2 Å². The minimum Gasteiger partial charge on any atom is -0.370 e. The molecule has 16 heavy (non-hydrogen) atoms. The zero-order chi connectivity index (χ0) is 11.2. The van der Waals surface area contributed by atoms with Gasteiger partial charge in [0, 0.05) is 0 Å². The second-order valence-corrected chi connectivity index (χ2v) is 4.17. The number of benzene rings is 1. The van der Waals surface area contributed by atoms with Crippen molar-refractivity contribution in [2.75, 3.05) is 0 Å². The Kier molecular flexibility index (Phi) is 3.95. The molecular formula is C15H18O. The van der Waals surface area contributed by atoms with Gasteiger partial charge in [0.15, 0.2) is 0 Å². The van der Waals surface area contributed by atoms with Crippen LogP contribution in [0.25, 0.3) is 0 Å². The summed E-state index contributed by atoms with van der Waals surface area (Å²) in [5.74, 6) is 0. The minimum absolute atomic E-state index is 0.222. The topological polar surface area (TPSA) is 9.23 Å². The van der Waals surface area contributed by atoms with Gasteiger partial charge in [-0.3, -0.25) is 0 Å². The third-order valence-electron chi connectivity index (χ3n) is 2.82. The summed E-state index contributed by atoms with van der Waals surface area (Å²) in [6.45, 7) is 3.75. The minimum atomic E-state index is 0.222. The summed E-state index contributed by atoms with van der Waals surface area (Å²) in [6, 6.07) is 10.5. The zero-order valence-corrected chi connectivity index (χ0v) is 9.51. The van der Waals surface area contributed by atoms with Crippen LogP contribution in [0.3, 0.4) is 0 Å². The molecule has 84 valence electrons. The number of ether oxygens (including phenoxy) is 1. The molecule has 1 aromatic carbocycles. The maximum atomic E-state index is 5.97. The number of rotatable bonds is 4. The van der Waals surface area contributed by atoms with Gasteiger partial charge in [-0.1, -0.05) is 48.6 Å². The normalized spacial score (nSPS) is 24.2. The molecule has 0 fully saturated rings. The summed E-state index contributed by atoms with van der Waals surface area (Å²) in [7, 11) is 0. The van der Waals surface area contributed by atoms with E-state index in [2.05, 4.69) is 43.0 Å². The summed E-state index contributed by atoms with van der Waals surface area (Å²) in [6.07, 6.45) is 9.75. The van der Waals surface area contributed by atoms with E-state index in [0.29, 0.717) is 6.10 Å². The molecule has 0 N–H and O–H groups in total. The Bertz CT molecular complexity index is 353. The molecule has 0 radical (unpaired) electrons. The molecule has 0 saturated carbocycles. The highest BCUT2D eigenvalue weighted by Gasteiger charge is 2.17. The van der Waals surface area contributed by atoms with Crippen LogP contribution in [0.4, 0.5) is 0 Å². The van der Waals surface area contributed by atoms with Crippen molar-refractivity contribution in [3.8, 4) is 0 Å². The molecule has 1 aliphatic rings. The molecule has 1 heteroatoms. The summed E-state index contributed by atoms with van der Waals surface area (Å²) in [5, 5.41) is 0. The van der Waals surface area contributed by atoms with Crippen molar-refractivity contribution in [2.45, 2.75) is 31.5 Å². The van der Waals surface area contributed by atoms with Crippen LogP contribution >= 0.6 is 0 Å². The molecule has 0 bridgehead atoms.